The summed E-state index contributed by atoms with van der Waals surface area (Å²) in [6.45, 7) is 13.0. The molecule has 0 spiro atoms. The molecule has 5 amide bonds. The van der Waals surface area contributed by atoms with Crippen LogP contribution in [0.15, 0.2) is 24.3 Å². The number of hydrogen-bond acceptors (Lipinski definition) is 6. The minimum absolute atomic E-state index is 0.119. The second-order valence-electron chi connectivity index (χ2n) is 10.9. The number of anilines is 1. The van der Waals surface area contributed by atoms with Crippen molar-refractivity contribution in [3.8, 4) is 0 Å². The van der Waals surface area contributed by atoms with Crippen LogP contribution in [0.2, 0.25) is 0 Å². The van der Waals surface area contributed by atoms with Crippen LogP contribution in [-0.2, 0) is 30.5 Å². The summed E-state index contributed by atoms with van der Waals surface area (Å²) in [7, 11) is 0. The first-order valence-electron chi connectivity index (χ1n) is 13.4. The Labute approximate surface area is 231 Å². The Morgan fingerprint density at radius 3 is 2.08 bits per heavy atom. The van der Waals surface area contributed by atoms with Crippen molar-refractivity contribution in [3.63, 3.8) is 0 Å². The zero-order chi connectivity index (χ0) is 29.8. The van der Waals surface area contributed by atoms with Crippen LogP contribution in [0.4, 0.5) is 10.5 Å². The van der Waals surface area contributed by atoms with E-state index in [0.717, 1.165) is 5.56 Å². The van der Waals surface area contributed by atoms with Gasteiger partial charge in [-0.25, -0.2) is 4.79 Å². The summed E-state index contributed by atoms with van der Waals surface area (Å²) in [5, 5.41) is 10.8. The van der Waals surface area contributed by atoms with E-state index in [9.17, 15) is 24.0 Å². The number of amides is 5. The molecule has 0 aliphatic carbocycles. The number of benzene rings is 1. The van der Waals surface area contributed by atoms with E-state index >= 15 is 0 Å². The maximum Gasteiger partial charge on any atom is 0.312 e. The third-order valence-electron chi connectivity index (χ3n) is 6.41. The maximum absolute atomic E-state index is 13.2. The average molecular weight is 548 g/mol. The molecule has 0 unspecified atom stereocenters. The van der Waals surface area contributed by atoms with Crippen molar-refractivity contribution in [2.24, 2.45) is 23.0 Å². The van der Waals surface area contributed by atoms with Crippen LogP contribution in [0.1, 0.15) is 73.3 Å². The number of ether oxygens (including phenoxy) is 1. The lowest BCUT2D eigenvalue weighted by Crippen LogP contribution is -2.56. The molecule has 0 saturated carbocycles. The molecule has 0 heterocycles. The number of hydrogen-bond donors (Lipinski definition) is 5. The Balaban J connectivity index is 2.96. The van der Waals surface area contributed by atoms with E-state index in [4.69, 9.17) is 10.5 Å². The lowest BCUT2D eigenvalue weighted by atomic mass is 9.88. The van der Waals surface area contributed by atoms with Gasteiger partial charge in [0.15, 0.2) is 0 Å². The number of urea groups is 1. The predicted molar refractivity (Wildman–Crippen MR) is 149 cm³/mol. The number of carbonyl (C=O) groups excluding carboxylic acids is 5. The monoisotopic (exact) mass is 547 g/mol. The third kappa shape index (κ3) is 11.7. The number of rotatable bonds is 15. The van der Waals surface area contributed by atoms with Crippen molar-refractivity contribution in [3.05, 3.63) is 29.8 Å². The van der Waals surface area contributed by atoms with Crippen LogP contribution in [0.5, 0.6) is 0 Å². The summed E-state index contributed by atoms with van der Waals surface area (Å²) in [5.41, 5.74) is 5.72. The summed E-state index contributed by atoms with van der Waals surface area (Å²) in [6.07, 6.45) is 1.20. The van der Waals surface area contributed by atoms with E-state index in [1.807, 2.05) is 20.8 Å². The average Bonchev–Trinajstić information content (AvgIpc) is 2.87. The third-order valence-corrected chi connectivity index (χ3v) is 6.41. The second kappa shape index (κ2) is 15.7. The van der Waals surface area contributed by atoms with Gasteiger partial charge < -0.3 is 31.7 Å². The Morgan fingerprint density at radius 2 is 1.56 bits per heavy atom. The van der Waals surface area contributed by atoms with Crippen LogP contribution >= 0.6 is 0 Å². The fourth-order valence-corrected chi connectivity index (χ4v) is 3.32. The molecule has 11 heteroatoms. The first-order valence-corrected chi connectivity index (χ1v) is 13.4. The van der Waals surface area contributed by atoms with Crippen LogP contribution in [-0.4, -0.2) is 48.4 Å². The molecular weight excluding hydrogens is 502 g/mol. The lowest BCUT2D eigenvalue weighted by Gasteiger charge is -2.29. The van der Waals surface area contributed by atoms with Gasteiger partial charge in [0.1, 0.15) is 18.7 Å². The van der Waals surface area contributed by atoms with Gasteiger partial charge in [-0.3, -0.25) is 19.2 Å². The van der Waals surface area contributed by atoms with Crippen molar-refractivity contribution in [2.45, 2.75) is 86.4 Å². The molecule has 11 nitrogen and oxygen atoms in total. The van der Waals surface area contributed by atoms with Crippen molar-refractivity contribution < 1.29 is 28.7 Å². The molecule has 1 aromatic carbocycles. The highest BCUT2D eigenvalue weighted by molar-refractivity contribution is 5.98. The molecule has 2 atom stereocenters. The first kappa shape index (κ1) is 33.4. The van der Waals surface area contributed by atoms with Gasteiger partial charge in [-0.1, -0.05) is 60.6 Å². The van der Waals surface area contributed by atoms with Crippen molar-refractivity contribution in [2.75, 3.05) is 11.9 Å². The summed E-state index contributed by atoms with van der Waals surface area (Å²) in [4.78, 5) is 61.8. The molecule has 39 heavy (non-hydrogen) atoms. The molecule has 218 valence electrons. The minimum Gasteiger partial charge on any atom is -0.461 e. The number of carbonyl (C=O) groups is 5. The number of esters is 1. The summed E-state index contributed by atoms with van der Waals surface area (Å²) in [5.74, 6) is -1.93. The molecule has 6 N–H and O–H groups in total. The van der Waals surface area contributed by atoms with Gasteiger partial charge in [-0.2, -0.15) is 0 Å². The van der Waals surface area contributed by atoms with Gasteiger partial charge in [0.25, 0.3) is 0 Å². The quantitative estimate of drug-likeness (QED) is 0.167. The smallest absolute Gasteiger partial charge is 0.312 e. The van der Waals surface area contributed by atoms with Crippen molar-refractivity contribution in [1.82, 2.24) is 16.0 Å². The molecule has 0 fully saturated rings. The van der Waals surface area contributed by atoms with E-state index in [1.54, 1.807) is 52.0 Å². The van der Waals surface area contributed by atoms with Gasteiger partial charge >= 0.3 is 12.0 Å². The topological polar surface area (TPSA) is 169 Å². The number of primary amides is 1. The molecule has 0 aliphatic heterocycles. The Bertz CT molecular complexity index is 991. The van der Waals surface area contributed by atoms with E-state index in [-0.39, 0.29) is 43.3 Å². The van der Waals surface area contributed by atoms with Gasteiger partial charge in [0.2, 0.25) is 17.7 Å². The highest BCUT2D eigenvalue weighted by Crippen LogP contribution is 2.20. The fraction of sp³-hybridized carbons (Fsp3) is 0.607. The summed E-state index contributed by atoms with van der Waals surface area (Å²) in [6, 6.07) is 4.36. The molecule has 1 aromatic rings. The van der Waals surface area contributed by atoms with E-state index in [2.05, 4.69) is 21.3 Å². The first-order chi connectivity index (χ1) is 18.2. The van der Waals surface area contributed by atoms with Crippen LogP contribution in [0, 0.1) is 17.3 Å². The molecular formula is C28H45N5O6. The molecule has 0 radical (unpaired) electrons. The van der Waals surface area contributed by atoms with Gasteiger partial charge in [-0.15, -0.1) is 0 Å². The lowest BCUT2D eigenvalue weighted by molar-refractivity contribution is -0.148. The van der Waals surface area contributed by atoms with Gasteiger partial charge in [0, 0.05) is 17.6 Å². The standard InChI is InChI=1S/C28H45N5O6/c1-8-28(6,7)26(37)33-22(17(2)3)24(35)32-21(10-9-15-30-27(29)38)23(34)31-20-13-11-19(12-14-20)16-39-25(36)18(4)5/h11-14,17-18,21-22H,8-10,15-16H2,1-7H3,(H,31,34)(H,32,35)(H,33,37)(H3,29,30,38)/t21-,22-/m0/s1. The highest BCUT2D eigenvalue weighted by Gasteiger charge is 2.33. The fourth-order valence-electron chi connectivity index (χ4n) is 3.32. The zero-order valence-corrected chi connectivity index (χ0v) is 24.2. The van der Waals surface area contributed by atoms with E-state index in [0.29, 0.717) is 18.5 Å². The Morgan fingerprint density at radius 1 is 0.949 bits per heavy atom. The predicted octanol–water partition coefficient (Wildman–Crippen LogP) is 2.83. The van der Waals surface area contributed by atoms with Crippen LogP contribution in [0.3, 0.4) is 0 Å². The van der Waals surface area contributed by atoms with Crippen molar-refractivity contribution in [1.29, 1.82) is 0 Å². The normalized spacial score (nSPS) is 12.8. The highest BCUT2D eigenvalue weighted by atomic mass is 16.5. The SMILES string of the molecule is CCC(C)(C)C(=O)N[C@H](C(=O)N[C@@H](CCCNC(N)=O)C(=O)Nc1ccc(COC(=O)C(C)C)cc1)C(C)C. The van der Waals surface area contributed by atoms with Gasteiger partial charge in [-0.05, 0) is 42.9 Å². The Hall–Kier alpha value is -3.63. The molecule has 0 saturated heterocycles. The van der Waals surface area contributed by atoms with Crippen LogP contribution < -0.4 is 27.0 Å². The molecule has 0 aromatic heterocycles. The number of nitrogens with two attached hydrogens (primary N) is 1. The zero-order valence-electron chi connectivity index (χ0n) is 24.2. The maximum atomic E-state index is 13.2. The number of nitrogens with one attached hydrogen (secondary N) is 4. The summed E-state index contributed by atoms with van der Waals surface area (Å²) >= 11 is 0. The largest absolute Gasteiger partial charge is 0.461 e. The second-order valence-corrected chi connectivity index (χ2v) is 10.9. The summed E-state index contributed by atoms with van der Waals surface area (Å²) < 4.78 is 5.22. The molecule has 1 rings (SSSR count). The van der Waals surface area contributed by atoms with Crippen LogP contribution in [0.25, 0.3) is 0 Å². The molecule has 0 aliphatic rings. The Kier molecular flexibility index (Phi) is 13.4. The van der Waals surface area contributed by atoms with E-state index in [1.165, 1.54) is 0 Å². The minimum atomic E-state index is -0.934. The van der Waals surface area contributed by atoms with E-state index < -0.39 is 35.3 Å². The van der Waals surface area contributed by atoms with Crippen molar-refractivity contribution >= 4 is 35.4 Å². The van der Waals surface area contributed by atoms with Gasteiger partial charge in [0.05, 0.1) is 5.92 Å². The molecule has 0 bridgehead atoms.